The van der Waals surface area contributed by atoms with Crippen LogP contribution in [0.3, 0.4) is 0 Å². The van der Waals surface area contributed by atoms with Crippen LogP contribution in [-0.2, 0) is 6.42 Å². The van der Waals surface area contributed by atoms with Crippen molar-refractivity contribution < 1.29 is 9.47 Å². The first-order valence-electron chi connectivity index (χ1n) is 8.51. The van der Waals surface area contributed by atoms with E-state index in [4.69, 9.17) is 9.47 Å². The van der Waals surface area contributed by atoms with Crippen LogP contribution in [0.5, 0.6) is 11.5 Å². The largest absolute Gasteiger partial charge is 0.454 e. The Morgan fingerprint density at radius 1 is 1.00 bits per heavy atom. The number of hydrogen-bond acceptors (Lipinski definition) is 7. The van der Waals surface area contributed by atoms with E-state index in [9.17, 15) is 0 Å². The molecule has 0 amide bonds. The summed E-state index contributed by atoms with van der Waals surface area (Å²) in [5.41, 5.74) is 2.18. The van der Waals surface area contributed by atoms with Crippen LogP contribution in [0.4, 0.5) is 17.5 Å². The molecular weight excluding hydrogens is 330 g/mol. The molecule has 1 aliphatic heterocycles. The second-order valence-corrected chi connectivity index (χ2v) is 5.87. The molecule has 0 atom stereocenters. The fourth-order valence-corrected chi connectivity index (χ4v) is 2.70. The van der Waals surface area contributed by atoms with Crippen LogP contribution in [0.2, 0.25) is 0 Å². The minimum absolute atomic E-state index is 0.255. The second-order valence-electron chi connectivity index (χ2n) is 5.87. The number of fused-ring (bicyclic) bond motifs is 1. The van der Waals surface area contributed by atoms with Gasteiger partial charge < -0.3 is 20.1 Å². The summed E-state index contributed by atoms with van der Waals surface area (Å²) in [4.78, 5) is 4.44. The monoisotopic (exact) mass is 349 g/mol. The van der Waals surface area contributed by atoms with E-state index >= 15 is 0 Å². The number of hydrogen-bond donors (Lipinski definition) is 2. The Bertz CT molecular complexity index is 873. The minimum Gasteiger partial charge on any atom is -0.454 e. The molecule has 0 radical (unpaired) electrons. The third kappa shape index (κ3) is 4.00. The number of aromatic nitrogens is 3. The Balaban J connectivity index is 1.31. The Morgan fingerprint density at radius 3 is 2.81 bits per heavy atom. The normalized spacial score (nSPS) is 12.0. The smallest absolute Gasteiger partial charge is 0.244 e. The van der Waals surface area contributed by atoms with Crippen LogP contribution in [0, 0.1) is 0 Å². The molecule has 2 N–H and O–H groups in total. The number of nitrogens with zero attached hydrogens (tertiary/aromatic N) is 3. The van der Waals surface area contributed by atoms with E-state index in [0.29, 0.717) is 11.8 Å². The van der Waals surface area contributed by atoms with E-state index < -0.39 is 0 Å². The highest BCUT2D eigenvalue weighted by Gasteiger charge is 2.13. The van der Waals surface area contributed by atoms with Gasteiger partial charge in [-0.2, -0.15) is 10.1 Å². The number of ether oxygens (including phenoxy) is 2. The Hall–Kier alpha value is -3.35. The fourth-order valence-electron chi connectivity index (χ4n) is 2.70. The van der Waals surface area contributed by atoms with Gasteiger partial charge in [-0.05, 0) is 30.5 Å². The third-order valence-corrected chi connectivity index (χ3v) is 3.97. The number of aryl methyl sites for hydroxylation is 1. The molecule has 4 rings (SSSR count). The minimum atomic E-state index is 0.255. The molecule has 2 heterocycles. The van der Waals surface area contributed by atoms with Gasteiger partial charge in [-0.25, -0.2) is 0 Å². The highest BCUT2D eigenvalue weighted by molar-refractivity contribution is 5.61. The first-order chi connectivity index (χ1) is 12.9. The average molecular weight is 349 g/mol. The molecule has 1 aromatic heterocycles. The third-order valence-electron chi connectivity index (χ3n) is 3.97. The quantitative estimate of drug-likeness (QED) is 0.633. The van der Waals surface area contributed by atoms with Crippen molar-refractivity contribution in [2.75, 3.05) is 24.0 Å². The van der Waals surface area contributed by atoms with E-state index in [-0.39, 0.29) is 6.79 Å². The molecule has 2 aromatic carbocycles. The molecular formula is C19H19N5O2. The lowest BCUT2D eigenvalue weighted by Crippen LogP contribution is -2.08. The van der Waals surface area contributed by atoms with Gasteiger partial charge in [0.2, 0.25) is 12.7 Å². The van der Waals surface area contributed by atoms with Gasteiger partial charge in [0.15, 0.2) is 17.3 Å². The van der Waals surface area contributed by atoms with E-state index in [0.717, 1.165) is 36.6 Å². The van der Waals surface area contributed by atoms with Gasteiger partial charge in [0.05, 0.1) is 6.20 Å². The summed E-state index contributed by atoms with van der Waals surface area (Å²) >= 11 is 0. The number of nitrogens with one attached hydrogen (secondary N) is 2. The van der Waals surface area contributed by atoms with Crippen molar-refractivity contribution in [3.05, 3.63) is 60.3 Å². The Morgan fingerprint density at radius 2 is 1.88 bits per heavy atom. The van der Waals surface area contributed by atoms with Crippen LogP contribution in [0.25, 0.3) is 0 Å². The molecule has 0 aliphatic carbocycles. The lowest BCUT2D eigenvalue weighted by atomic mass is 10.1. The summed E-state index contributed by atoms with van der Waals surface area (Å²) in [5, 5.41) is 14.4. The van der Waals surface area contributed by atoms with Gasteiger partial charge in [0.25, 0.3) is 0 Å². The van der Waals surface area contributed by atoms with Crippen LogP contribution < -0.4 is 20.1 Å². The predicted molar refractivity (Wildman–Crippen MR) is 98.9 cm³/mol. The van der Waals surface area contributed by atoms with Crippen molar-refractivity contribution in [2.24, 2.45) is 0 Å². The van der Waals surface area contributed by atoms with Crippen molar-refractivity contribution in [1.82, 2.24) is 15.2 Å². The van der Waals surface area contributed by atoms with Crippen LogP contribution >= 0.6 is 0 Å². The van der Waals surface area contributed by atoms with E-state index in [1.165, 1.54) is 5.56 Å². The molecule has 0 saturated heterocycles. The van der Waals surface area contributed by atoms with Crippen molar-refractivity contribution >= 4 is 17.5 Å². The molecule has 7 nitrogen and oxygen atoms in total. The maximum Gasteiger partial charge on any atom is 0.244 e. The van der Waals surface area contributed by atoms with Gasteiger partial charge in [-0.1, -0.05) is 30.3 Å². The molecule has 26 heavy (non-hydrogen) atoms. The van der Waals surface area contributed by atoms with E-state index in [1.54, 1.807) is 6.20 Å². The average Bonchev–Trinajstić information content (AvgIpc) is 3.14. The van der Waals surface area contributed by atoms with Crippen molar-refractivity contribution in [1.29, 1.82) is 0 Å². The SMILES string of the molecule is c1ccc(CCCNc2nncc(Nc3ccc4c(c3)OCO4)n2)cc1. The number of anilines is 3. The van der Waals surface area contributed by atoms with Gasteiger partial charge in [0.1, 0.15) is 0 Å². The Labute approximate surface area is 151 Å². The first-order valence-corrected chi connectivity index (χ1v) is 8.51. The Kier molecular flexibility index (Phi) is 4.77. The molecule has 7 heteroatoms. The van der Waals surface area contributed by atoms with Crippen molar-refractivity contribution in [2.45, 2.75) is 12.8 Å². The number of rotatable bonds is 7. The molecule has 1 aliphatic rings. The molecule has 132 valence electrons. The van der Waals surface area contributed by atoms with Crippen molar-refractivity contribution in [3.8, 4) is 11.5 Å². The second kappa shape index (κ2) is 7.69. The lowest BCUT2D eigenvalue weighted by molar-refractivity contribution is 0.174. The molecule has 0 spiro atoms. The van der Waals surface area contributed by atoms with Crippen LogP contribution in [-0.4, -0.2) is 28.5 Å². The van der Waals surface area contributed by atoms with Crippen LogP contribution in [0.15, 0.2) is 54.7 Å². The standard InChI is InChI=1S/C19H19N5O2/c1-2-5-14(6-3-1)7-4-10-20-19-23-18(12-21-24-19)22-15-8-9-16-17(11-15)26-13-25-16/h1-3,5-6,8-9,11-12H,4,7,10,13H2,(H2,20,22,23,24). The lowest BCUT2D eigenvalue weighted by Gasteiger charge is -2.08. The van der Waals surface area contributed by atoms with E-state index in [1.807, 2.05) is 24.3 Å². The van der Waals surface area contributed by atoms with Gasteiger partial charge in [0, 0.05) is 18.3 Å². The van der Waals surface area contributed by atoms with E-state index in [2.05, 4.69) is 50.1 Å². The first kappa shape index (κ1) is 16.1. The maximum atomic E-state index is 5.38. The molecule has 3 aromatic rings. The number of benzene rings is 2. The molecule has 0 saturated carbocycles. The molecule has 0 bridgehead atoms. The summed E-state index contributed by atoms with van der Waals surface area (Å²) < 4.78 is 10.7. The summed E-state index contributed by atoms with van der Waals surface area (Å²) in [6.07, 6.45) is 3.59. The van der Waals surface area contributed by atoms with Gasteiger partial charge in [-0.15, -0.1) is 5.10 Å². The summed E-state index contributed by atoms with van der Waals surface area (Å²) in [7, 11) is 0. The van der Waals surface area contributed by atoms with Gasteiger partial charge in [-0.3, -0.25) is 0 Å². The summed E-state index contributed by atoms with van der Waals surface area (Å²) in [6.45, 7) is 1.04. The topological polar surface area (TPSA) is 81.2 Å². The molecule has 0 unspecified atom stereocenters. The zero-order valence-electron chi connectivity index (χ0n) is 14.2. The van der Waals surface area contributed by atoms with Crippen molar-refractivity contribution in [3.63, 3.8) is 0 Å². The van der Waals surface area contributed by atoms with Gasteiger partial charge >= 0.3 is 0 Å². The predicted octanol–water partition coefficient (Wildman–Crippen LogP) is 3.39. The highest BCUT2D eigenvalue weighted by atomic mass is 16.7. The van der Waals surface area contributed by atoms with Crippen LogP contribution in [0.1, 0.15) is 12.0 Å². The zero-order valence-corrected chi connectivity index (χ0v) is 14.2. The zero-order chi connectivity index (χ0) is 17.6. The fraction of sp³-hybridized carbons (Fsp3) is 0.211. The highest BCUT2D eigenvalue weighted by Crippen LogP contribution is 2.34. The summed E-state index contributed by atoms with van der Waals surface area (Å²) in [6, 6.07) is 16.0. The maximum absolute atomic E-state index is 5.38. The molecule has 0 fully saturated rings. The summed E-state index contributed by atoms with van der Waals surface area (Å²) in [5.74, 6) is 2.58.